The van der Waals surface area contributed by atoms with Crippen LogP contribution in [0.3, 0.4) is 0 Å². The highest BCUT2D eigenvalue weighted by Crippen LogP contribution is 2.40. The Balaban J connectivity index is 2.13. The molecule has 0 aliphatic carbocycles. The minimum absolute atomic E-state index is 0.00342. The molecule has 21 heavy (non-hydrogen) atoms. The molecule has 0 N–H and O–H groups in total. The molecule has 0 atom stereocenters. The van der Waals surface area contributed by atoms with Crippen molar-refractivity contribution in [1.82, 2.24) is 4.90 Å². The quantitative estimate of drug-likeness (QED) is 0.425. The third-order valence-corrected chi connectivity index (χ3v) is 5.33. The summed E-state index contributed by atoms with van der Waals surface area (Å²) in [7, 11) is 2.14. The molecular weight excluding hydrogens is 377 g/mol. The van der Waals surface area contributed by atoms with Gasteiger partial charge in [0.2, 0.25) is 0 Å². The number of hydrogen-bond donors (Lipinski definition) is 0. The molecule has 0 amide bonds. The van der Waals surface area contributed by atoms with Crippen LogP contribution in [0, 0.1) is 9.49 Å². The summed E-state index contributed by atoms with van der Waals surface area (Å²) in [5, 5.41) is 0. The maximum atomic E-state index is 12.5. The largest absolute Gasteiger partial charge is 0.426 e. The number of halogens is 1. The molecule has 4 heteroatoms. The standard InChI is InChI=1S/C17H24INO2/c1-16(2)10-12(11-17(3,4)19(16)5)15(20)21-14-8-6-7-13(18)9-14/h6-9,12H,10-11H2,1-5H3. The van der Waals surface area contributed by atoms with Crippen molar-refractivity contribution < 1.29 is 9.53 Å². The monoisotopic (exact) mass is 401 g/mol. The number of nitrogens with zero attached hydrogens (tertiary/aromatic N) is 1. The van der Waals surface area contributed by atoms with Crippen LogP contribution < -0.4 is 4.74 Å². The number of rotatable bonds is 2. The van der Waals surface area contributed by atoms with Gasteiger partial charge in [0.1, 0.15) is 5.75 Å². The fraction of sp³-hybridized carbons (Fsp3) is 0.588. The van der Waals surface area contributed by atoms with E-state index in [1.165, 1.54) is 0 Å². The predicted octanol–water partition coefficient (Wildman–Crippen LogP) is 4.10. The van der Waals surface area contributed by atoms with Crippen molar-refractivity contribution in [3.63, 3.8) is 0 Å². The molecule has 3 nitrogen and oxygen atoms in total. The van der Waals surface area contributed by atoms with Crippen LogP contribution in [0.4, 0.5) is 0 Å². The van der Waals surface area contributed by atoms with E-state index in [1.807, 2.05) is 24.3 Å². The van der Waals surface area contributed by atoms with Crippen molar-refractivity contribution in [2.75, 3.05) is 7.05 Å². The molecule has 1 aromatic carbocycles. The Morgan fingerprint density at radius 1 is 1.24 bits per heavy atom. The van der Waals surface area contributed by atoms with E-state index in [0.29, 0.717) is 5.75 Å². The van der Waals surface area contributed by atoms with Gasteiger partial charge in [0.25, 0.3) is 0 Å². The second-order valence-electron chi connectivity index (χ2n) is 7.17. The zero-order chi connectivity index (χ0) is 15.8. The van der Waals surface area contributed by atoms with Gasteiger partial charge in [-0.1, -0.05) is 6.07 Å². The van der Waals surface area contributed by atoms with Gasteiger partial charge in [0.15, 0.2) is 0 Å². The molecule has 0 saturated carbocycles. The van der Waals surface area contributed by atoms with Crippen molar-refractivity contribution in [2.24, 2.45) is 5.92 Å². The van der Waals surface area contributed by atoms with Crippen molar-refractivity contribution in [3.05, 3.63) is 27.8 Å². The van der Waals surface area contributed by atoms with E-state index in [2.05, 4.69) is 62.2 Å². The number of hydrogen-bond acceptors (Lipinski definition) is 3. The third-order valence-electron chi connectivity index (χ3n) is 4.66. The summed E-state index contributed by atoms with van der Waals surface area (Å²) in [5.74, 6) is 0.483. The zero-order valence-electron chi connectivity index (χ0n) is 13.4. The number of ether oxygens (including phenoxy) is 1. The van der Waals surface area contributed by atoms with Gasteiger partial charge in [-0.15, -0.1) is 0 Å². The summed E-state index contributed by atoms with van der Waals surface area (Å²) in [6, 6.07) is 7.63. The molecule has 1 aliphatic rings. The van der Waals surface area contributed by atoms with Crippen molar-refractivity contribution in [3.8, 4) is 5.75 Å². The van der Waals surface area contributed by atoms with Crippen LogP contribution in [0.15, 0.2) is 24.3 Å². The molecule has 0 bridgehead atoms. The summed E-state index contributed by atoms with van der Waals surface area (Å²) in [6.07, 6.45) is 1.66. The number of carbonyl (C=O) groups excluding carboxylic acids is 1. The lowest BCUT2D eigenvalue weighted by atomic mass is 9.74. The number of esters is 1. The first-order valence-corrected chi connectivity index (χ1v) is 8.41. The Morgan fingerprint density at radius 3 is 2.33 bits per heavy atom. The first-order chi connectivity index (χ1) is 9.62. The number of piperidine rings is 1. The summed E-state index contributed by atoms with van der Waals surface area (Å²) < 4.78 is 6.67. The van der Waals surface area contributed by atoms with Crippen molar-refractivity contribution >= 4 is 28.6 Å². The maximum Gasteiger partial charge on any atom is 0.314 e. The lowest BCUT2D eigenvalue weighted by molar-refractivity contribution is -0.146. The van der Waals surface area contributed by atoms with Gasteiger partial charge in [-0.3, -0.25) is 9.69 Å². The molecule has 1 saturated heterocycles. The van der Waals surface area contributed by atoms with Crippen LogP contribution in [-0.4, -0.2) is 29.0 Å². The summed E-state index contributed by atoms with van der Waals surface area (Å²) in [4.78, 5) is 14.9. The van der Waals surface area contributed by atoms with Gasteiger partial charge in [-0.25, -0.2) is 0 Å². The molecule has 0 aromatic heterocycles. The van der Waals surface area contributed by atoms with Gasteiger partial charge in [-0.05, 0) is 88.4 Å². The fourth-order valence-electron chi connectivity index (χ4n) is 3.27. The molecule has 0 unspecified atom stereocenters. The molecule has 1 fully saturated rings. The molecule has 0 spiro atoms. The van der Waals surface area contributed by atoms with E-state index in [-0.39, 0.29) is 23.0 Å². The van der Waals surface area contributed by atoms with Crippen LogP contribution in [0.5, 0.6) is 5.75 Å². The predicted molar refractivity (Wildman–Crippen MR) is 93.4 cm³/mol. The van der Waals surface area contributed by atoms with Crippen LogP contribution in [-0.2, 0) is 4.79 Å². The Labute approximate surface area is 141 Å². The van der Waals surface area contributed by atoms with E-state index < -0.39 is 0 Å². The van der Waals surface area contributed by atoms with Gasteiger partial charge >= 0.3 is 5.97 Å². The number of carbonyl (C=O) groups is 1. The number of likely N-dealkylation sites (tertiary alicyclic amines) is 1. The van der Waals surface area contributed by atoms with E-state index in [0.717, 1.165) is 16.4 Å². The summed E-state index contributed by atoms with van der Waals surface area (Å²) in [5.41, 5.74) is -0.00685. The van der Waals surface area contributed by atoms with Gasteiger partial charge < -0.3 is 4.74 Å². The Hall–Kier alpha value is -0.620. The Kier molecular flexibility index (Phi) is 4.69. The minimum Gasteiger partial charge on any atom is -0.426 e. The number of benzene rings is 1. The second-order valence-corrected chi connectivity index (χ2v) is 8.41. The lowest BCUT2D eigenvalue weighted by Crippen LogP contribution is -2.59. The molecule has 1 aliphatic heterocycles. The normalized spacial score (nSPS) is 22.0. The first kappa shape index (κ1) is 16.7. The SMILES string of the molecule is CN1C(C)(C)CC(C(=O)Oc2cccc(I)c2)CC1(C)C. The zero-order valence-corrected chi connectivity index (χ0v) is 15.6. The van der Waals surface area contributed by atoms with E-state index in [4.69, 9.17) is 4.74 Å². The van der Waals surface area contributed by atoms with Crippen LogP contribution in [0.1, 0.15) is 40.5 Å². The molecule has 116 valence electrons. The van der Waals surface area contributed by atoms with Crippen LogP contribution in [0.2, 0.25) is 0 Å². The molecular formula is C17H24INO2. The highest BCUT2D eigenvalue weighted by molar-refractivity contribution is 14.1. The van der Waals surface area contributed by atoms with E-state index in [1.54, 1.807) is 0 Å². The topological polar surface area (TPSA) is 29.5 Å². The average molecular weight is 401 g/mol. The minimum atomic E-state index is -0.105. The summed E-state index contributed by atoms with van der Waals surface area (Å²) in [6.45, 7) is 8.78. The van der Waals surface area contributed by atoms with Gasteiger partial charge in [-0.2, -0.15) is 0 Å². The van der Waals surface area contributed by atoms with Crippen LogP contribution in [0.25, 0.3) is 0 Å². The van der Waals surface area contributed by atoms with E-state index >= 15 is 0 Å². The van der Waals surface area contributed by atoms with E-state index in [9.17, 15) is 4.79 Å². The third kappa shape index (κ3) is 3.77. The van der Waals surface area contributed by atoms with Gasteiger partial charge in [0.05, 0.1) is 5.92 Å². The average Bonchev–Trinajstić information content (AvgIpc) is 2.35. The highest BCUT2D eigenvalue weighted by Gasteiger charge is 2.45. The molecule has 1 heterocycles. The first-order valence-electron chi connectivity index (χ1n) is 7.33. The smallest absolute Gasteiger partial charge is 0.314 e. The molecule has 1 aromatic rings. The fourth-order valence-corrected chi connectivity index (χ4v) is 3.78. The Bertz CT molecular complexity index is 521. The van der Waals surface area contributed by atoms with Crippen molar-refractivity contribution in [2.45, 2.75) is 51.6 Å². The van der Waals surface area contributed by atoms with Crippen molar-refractivity contribution in [1.29, 1.82) is 0 Å². The highest BCUT2D eigenvalue weighted by atomic mass is 127. The maximum absolute atomic E-state index is 12.5. The lowest BCUT2D eigenvalue weighted by Gasteiger charge is -2.53. The Morgan fingerprint density at radius 2 is 1.81 bits per heavy atom. The molecule has 0 radical (unpaired) electrons. The second kappa shape index (κ2) is 5.88. The van der Waals surface area contributed by atoms with Gasteiger partial charge in [0, 0.05) is 14.6 Å². The van der Waals surface area contributed by atoms with Crippen LogP contribution >= 0.6 is 22.6 Å². The molecule has 2 rings (SSSR count). The summed E-state index contributed by atoms with van der Waals surface area (Å²) >= 11 is 2.22.